The van der Waals surface area contributed by atoms with Gasteiger partial charge in [0.25, 0.3) is 5.91 Å². The Bertz CT molecular complexity index is 640. The maximum absolute atomic E-state index is 12.6. The summed E-state index contributed by atoms with van der Waals surface area (Å²) >= 11 is 1.59. The Morgan fingerprint density at radius 3 is 2.86 bits per heavy atom. The molecule has 5 nitrogen and oxygen atoms in total. The van der Waals surface area contributed by atoms with Crippen molar-refractivity contribution in [3.8, 4) is 5.75 Å². The lowest BCUT2D eigenvalue weighted by Gasteiger charge is -2.19. The third kappa shape index (κ3) is 3.52. The number of ether oxygens (including phenoxy) is 1. The number of carbonyl (C=O) groups excluding carboxylic acids is 1. The van der Waals surface area contributed by atoms with Crippen LogP contribution in [-0.2, 0) is 6.54 Å². The predicted octanol–water partition coefficient (Wildman–Crippen LogP) is 2.70. The van der Waals surface area contributed by atoms with Gasteiger partial charge in [0.15, 0.2) is 5.75 Å². The Morgan fingerprint density at radius 2 is 2.24 bits per heavy atom. The summed E-state index contributed by atoms with van der Waals surface area (Å²) in [5.41, 5.74) is 6.86. The van der Waals surface area contributed by atoms with Gasteiger partial charge in [-0.25, -0.2) is 4.98 Å². The largest absolute Gasteiger partial charge is 0.491 e. The second-order valence-electron chi connectivity index (χ2n) is 4.66. The van der Waals surface area contributed by atoms with Crippen LogP contribution in [0.2, 0.25) is 0 Å². The zero-order chi connectivity index (χ0) is 15.4. The lowest BCUT2D eigenvalue weighted by molar-refractivity contribution is 0.0782. The summed E-state index contributed by atoms with van der Waals surface area (Å²) in [6.45, 7) is 4.79. The molecule has 0 radical (unpaired) electrons. The zero-order valence-corrected chi connectivity index (χ0v) is 13.2. The topological polar surface area (TPSA) is 68.5 Å². The van der Waals surface area contributed by atoms with E-state index in [-0.39, 0.29) is 5.91 Å². The highest BCUT2D eigenvalue weighted by Gasteiger charge is 2.19. The third-order valence-corrected chi connectivity index (χ3v) is 3.87. The molecular formula is C15H19N3O2S. The molecule has 1 heterocycles. The van der Waals surface area contributed by atoms with Gasteiger partial charge in [0.1, 0.15) is 0 Å². The molecule has 0 aliphatic rings. The van der Waals surface area contributed by atoms with E-state index in [9.17, 15) is 4.79 Å². The molecule has 0 unspecified atom stereocenters. The van der Waals surface area contributed by atoms with Gasteiger partial charge in [-0.05, 0) is 26.0 Å². The van der Waals surface area contributed by atoms with Crippen molar-refractivity contribution < 1.29 is 9.53 Å². The van der Waals surface area contributed by atoms with Crippen molar-refractivity contribution in [1.29, 1.82) is 0 Å². The first-order valence-electron chi connectivity index (χ1n) is 6.71. The number of thiazole rings is 1. The number of nitrogens with two attached hydrogens (primary N) is 1. The molecule has 1 amide bonds. The fourth-order valence-corrected chi connectivity index (χ4v) is 2.87. The van der Waals surface area contributed by atoms with Crippen LogP contribution in [0.1, 0.15) is 27.2 Å². The summed E-state index contributed by atoms with van der Waals surface area (Å²) in [5, 5.41) is 0.991. The van der Waals surface area contributed by atoms with E-state index >= 15 is 0 Å². The van der Waals surface area contributed by atoms with E-state index in [0.717, 1.165) is 9.88 Å². The van der Waals surface area contributed by atoms with Crippen molar-refractivity contribution in [2.24, 2.45) is 0 Å². The van der Waals surface area contributed by atoms with Crippen LogP contribution in [0.15, 0.2) is 24.4 Å². The fraction of sp³-hybridized carbons (Fsp3) is 0.333. The molecule has 0 saturated carbocycles. The van der Waals surface area contributed by atoms with Gasteiger partial charge in [0.2, 0.25) is 0 Å². The molecule has 0 saturated heterocycles. The summed E-state index contributed by atoms with van der Waals surface area (Å²) in [6, 6.07) is 5.22. The van der Waals surface area contributed by atoms with Gasteiger partial charge in [-0.2, -0.15) is 0 Å². The van der Waals surface area contributed by atoms with Gasteiger partial charge in [0, 0.05) is 18.1 Å². The fourth-order valence-electron chi connectivity index (χ4n) is 2.02. The minimum absolute atomic E-state index is 0.114. The molecule has 0 atom stereocenters. The van der Waals surface area contributed by atoms with Crippen molar-refractivity contribution in [3.63, 3.8) is 0 Å². The molecular weight excluding hydrogens is 286 g/mol. The molecule has 2 aromatic rings. The van der Waals surface area contributed by atoms with Gasteiger partial charge in [-0.3, -0.25) is 4.79 Å². The second kappa shape index (κ2) is 6.58. The molecule has 6 heteroatoms. The Kier molecular flexibility index (Phi) is 4.80. The molecule has 0 aliphatic carbocycles. The monoisotopic (exact) mass is 305 g/mol. The number of rotatable bonds is 5. The van der Waals surface area contributed by atoms with Crippen LogP contribution < -0.4 is 10.5 Å². The molecule has 0 aliphatic heterocycles. The summed E-state index contributed by atoms with van der Waals surface area (Å²) in [5.74, 6) is 0.342. The first kappa shape index (κ1) is 15.3. The summed E-state index contributed by atoms with van der Waals surface area (Å²) in [4.78, 5) is 19.5. The molecule has 112 valence electrons. The Labute approximate surface area is 128 Å². The molecule has 2 rings (SSSR count). The number of anilines is 1. The number of aryl methyl sites for hydroxylation is 1. The van der Waals surface area contributed by atoms with Gasteiger partial charge in [-0.1, -0.05) is 6.07 Å². The maximum atomic E-state index is 12.6. The lowest BCUT2D eigenvalue weighted by atomic mass is 10.1. The van der Waals surface area contributed by atoms with E-state index in [1.54, 1.807) is 47.7 Å². The Morgan fingerprint density at radius 1 is 1.48 bits per heavy atom. The standard InChI is InChI=1S/C15H19N3O2S/c1-4-20-14-12(6-5-7-13(14)16)15(19)18(3)9-11-8-17-10(2)21-11/h5-8H,4,9,16H2,1-3H3. The number of aromatic nitrogens is 1. The van der Waals surface area contributed by atoms with Crippen LogP contribution in [-0.4, -0.2) is 29.4 Å². The number of hydrogen-bond acceptors (Lipinski definition) is 5. The third-order valence-electron chi connectivity index (χ3n) is 2.97. The number of nitrogens with zero attached hydrogens (tertiary/aromatic N) is 2. The number of para-hydroxylation sites is 1. The van der Waals surface area contributed by atoms with Crippen LogP contribution in [0.3, 0.4) is 0 Å². The van der Waals surface area contributed by atoms with Gasteiger partial charge in [-0.15, -0.1) is 11.3 Å². The second-order valence-corrected chi connectivity index (χ2v) is 5.98. The molecule has 2 N–H and O–H groups in total. The van der Waals surface area contributed by atoms with Crippen LogP contribution in [0.25, 0.3) is 0 Å². The van der Waals surface area contributed by atoms with E-state index in [2.05, 4.69) is 4.98 Å². The van der Waals surface area contributed by atoms with Crippen molar-refractivity contribution in [3.05, 3.63) is 39.8 Å². The van der Waals surface area contributed by atoms with Crippen LogP contribution >= 0.6 is 11.3 Å². The molecule has 1 aromatic carbocycles. The highest BCUT2D eigenvalue weighted by atomic mass is 32.1. The smallest absolute Gasteiger partial charge is 0.257 e. The molecule has 1 aromatic heterocycles. The number of benzene rings is 1. The number of carbonyl (C=O) groups is 1. The first-order valence-corrected chi connectivity index (χ1v) is 7.52. The van der Waals surface area contributed by atoms with Crippen molar-refractivity contribution in [2.75, 3.05) is 19.4 Å². The summed E-state index contributed by atoms with van der Waals surface area (Å²) in [7, 11) is 1.76. The van der Waals surface area contributed by atoms with Crippen LogP contribution in [0.5, 0.6) is 5.75 Å². The molecule has 0 spiro atoms. The highest BCUT2D eigenvalue weighted by Crippen LogP contribution is 2.28. The first-order chi connectivity index (χ1) is 10.0. The van der Waals surface area contributed by atoms with Gasteiger partial charge >= 0.3 is 0 Å². The van der Waals surface area contributed by atoms with Gasteiger partial charge in [0.05, 0.1) is 29.4 Å². The Hall–Kier alpha value is -2.08. The van der Waals surface area contributed by atoms with Gasteiger partial charge < -0.3 is 15.4 Å². The van der Waals surface area contributed by atoms with E-state index in [1.807, 2.05) is 13.8 Å². The molecule has 0 bridgehead atoms. The van der Waals surface area contributed by atoms with Crippen molar-refractivity contribution in [1.82, 2.24) is 9.88 Å². The minimum Gasteiger partial charge on any atom is -0.491 e. The van der Waals surface area contributed by atoms with E-state index in [0.29, 0.717) is 30.2 Å². The molecule has 0 fully saturated rings. The number of hydrogen-bond donors (Lipinski definition) is 1. The molecule has 21 heavy (non-hydrogen) atoms. The zero-order valence-electron chi connectivity index (χ0n) is 12.4. The average molecular weight is 305 g/mol. The Balaban J connectivity index is 2.21. The SMILES string of the molecule is CCOc1c(N)cccc1C(=O)N(C)Cc1cnc(C)s1. The normalized spacial score (nSPS) is 10.4. The maximum Gasteiger partial charge on any atom is 0.257 e. The van der Waals surface area contributed by atoms with Crippen LogP contribution in [0, 0.1) is 6.92 Å². The van der Waals surface area contributed by atoms with Crippen molar-refractivity contribution in [2.45, 2.75) is 20.4 Å². The summed E-state index contributed by atoms with van der Waals surface area (Å²) < 4.78 is 5.51. The minimum atomic E-state index is -0.114. The quantitative estimate of drug-likeness (QED) is 0.862. The van der Waals surface area contributed by atoms with E-state index in [1.165, 1.54) is 0 Å². The predicted molar refractivity (Wildman–Crippen MR) is 84.7 cm³/mol. The average Bonchev–Trinajstić information content (AvgIpc) is 2.85. The van der Waals surface area contributed by atoms with Crippen LogP contribution in [0.4, 0.5) is 5.69 Å². The van der Waals surface area contributed by atoms with Crippen molar-refractivity contribution >= 4 is 22.9 Å². The van der Waals surface area contributed by atoms with E-state index < -0.39 is 0 Å². The van der Waals surface area contributed by atoms with E-state index in [4.69, 9.17) is 10.5 Å². The lowest BCUT2D eigenvalue weighted by Crippen LogP contribution is -2.26. The highest BCUT2D eigenvalue weighted by molar-refractivity contribution is 7.11. The number of amides is 1. The number of nitrogen functional groups attached to an aromatic ring is 1. The summed E-state index contributed by atoms with van der Waals surface area (Å²) in [6.07, 6.45) is 1.80.